The molecule has 4 atom stereocenters. The first kappa shape index (κ1) is 21.9. The number of amides is 1. The topological polar surface area (TPSA) is 76.5 Å². The standard InChI is InChI=1S/C26H32N4O3/c1-26(2)18-10-9-17(21(26)13-18)15-29-16-19(14-23(29)25(32)33-3)28-24(31)20-7-4-5-8-22(20)30-12-6-11-27-30/h4-9,11-12,18-19,21,23H,10,13-16H2,1-3H3,(H,28,31)/t18-,19-,21-,23-/m0/s1. The van der Waals surface area contributed by atoms with Crippen molar-refractivity contribution in [3.63, 3.8) is 0 Å². The number of ether oxygens (including phenoxy) is 1. The Morgan fingerprint density at radius 3 is 2.73 bits per heavy atom. The molecule has 0 spiro atoms. The van der Waals surface area contributed by atoms with Gasteiger partial charge in [-0.15, -0.1) is 0 Å². The van der Waals surface area contributed by atoms with E-state index < -0.39 is 0 Å². The number of aromatic nitrogens is 2. The predicted molar refractivity (Wildman–Crippen MR) is 125 cm³/mol. The van der Waals surface area contributed by atoms with E-state index in [1.807, 2.05) is 30.5 Å². The van der Waals surface area contributed by atoms with Crippen molar-refractivity contribution in [2.24, 2.45) is 17.3 Å². The van der Waals surface area contributed by atoms with Crippen LogP contribution in [0.5, 0.6) is 0 Å². The highest BCUT2D eigenvalue weighted by Crippen LogP contribution is 2.59. The number of methoxy groups -OCH3 is 1. The number of likely N-dealkylation sites (tertiary alicyclic amines) is 1. The molecule has 1 N–H and O–H groups in total. The molecule has 2 heterocycles. The number of rotatable bonds is 6. The Hall–Kier alpha value is -2.93. The second-order valence-electron chi connectivity index (χ2n) is 10.2. The fraction of sp³-hybridized carbons (Fsp3) is 0.500. The maximum Gasteiger partial charge on any atom is 0.323 e. The van der Waals surface area contributed by atoms with E-state index in [-0.39, 0.29) is 24.0 Å². The second-order valence-corrected chi connectivity index (χ2v) is 10.2. The van der Waals surface area contributed by atoms with Gasteiger partial charge in [0.05, 0.1) is 18.4 Å². The zero-order valence-corrected chi connectivity index (χ0v) is 19.5. The number of nitrogens with zero attached hydrogens (tertiary/aromatic N) is 3. The van der Waals surface area contributed by atoms with Crippen molar-refractivity contribution < 1.29 is 14.3 Å². The lowest BCUT2D eigenvalue weighted by atomic mass is 9.49. The molecule has 2 bridgehead atoms. The van der Waals surface area contributed by atoms with Crippen LogP contribution >= 0.6 is 0 Å². The van der Waals surface area contributed by atoms with Gasteiger partial charge in [0.1, 0.15) is 6.04 Å². The molecule has 0 unspecified atom stereocenters. The third-order valence-electron chi connectivity index (χ3n) is 8.08. The van der Waals surface area contributed by atoms with Gasteiger partial charge in [0.25, 0.3) is 5.91 Å². The van der Waals surface area contributed by atoms with Gasteiger partial charge in [-0.05, 0) is 54.7 Å². The SMILES string of the molecule is COC(=O)[C@@H]1C[C@H](NC(=O)c2ccccc2-n2cccn2)CN1CC1=CC[C@H]2C[C@@H]1C2(C)C. The summed E-state index contributed by atoms with van der Waals surface area (Å²) >= 11 is 0. The lowest BCUT2D eigenvalue weighted by Crippen LogP contribution is -2.50. The summed E-state index contributed by atoms with van der Waals surface area (Å²) in [5.41, 5.74) is 3.07. The molecule has 1 aliphatic heterocycles. The number of para-hydroxylation sites is 1. The Morgan fingerprint density at radius 2 is 2.03 bits per heavy atom. The van der Waals surface area contributed by atoms with E-state index >= 15 is 0 Å². The molecule has 7 heteroatoms. The summed E-state index contributed by atoms with van der Waals surface area (Å²) in [6, 6.07) is 8.78. The molecule has 174 valence electrons. The maximum atomic E-state index is 13.2. The van der Waals surface area contributed by atoms with Gasteiger partial charge in [0.15, 0.2) is 0 Å². The van der Waals surface area contributed by atoms with Crippen molar-refractivity contribution >= 4 is 11.9 Å². The minimum Gasteiger partial charge on any atom is -0.468 e. The number of allylic oxidation sites excluding steroid dienone is 1. The van der Waals surface area contributed by atoms with Crippen molar-refractivity contribution in [2.75, 3.05) is 20.2 Å². The predicted octanol–water partition coefficient (Wildman–Crippen LogP) is 3.21. The molecule has 1 saturated carbocycles. The molecule has 6 rings (SSSR count). The molecule has 1 amide bonds. The second kappa shape index (κ2) is 8.45. The first-order valence-electron chi connectivity index (χ1n) is 11.8. The van der Waals surface area contributed by atoms with Gasteiger partial charge in [0.2, 0.25) is 0 Å². The molecule has 1 aromatic carbocycles. The Labute approximate surface area is 194 Å². The highest BCUT2D eigenvalue weighted by molar-refractivity contribution is 5.98. The van der Waals surface area contributed by atoms with Crippen LogP contribution in [0.4, 0.5) is 0 Å². The number of carbonyl (C=O) groups is 2. The number of hydrogen-bond acceptors (Lipinski definition) is 5. The van der Waals surface area contributed by atoms with Gasteiger partial charge < -0.3 is 10.1 Å². The van der Waals surface area contributed by atoms with Crippen molar-refractivity contribution in [2.45, 2.75) is 45.2 Å². The molecule has 7 nitrogen and oxygen atoms in total. The van der Waals surface area contributed by atoms with E-state index in [1.54, 1.807) is 16.9 Å². The van der Waals surface area contributed by atoms with Crippen LogP contribution in [0.25, 0.3) is 5.69 Å². The first-order valence-corrected chi connectivity index (χ1v) is 11.8. The maximum absolute atomic E-state index is 13.2. The van der Waals surface area contributed by atoms with Gasteiger partial charge in [-0.25, -0.2) is 4.68 Å². The van der Waals surface area contributed by atoms with Gasteiger partial charge >= 0.3 is 5.97 Å². The molecule has 33 heavy (non-hydrogen) atoms. The van der Waals surface area contributed by atoms with Crippen LogP contribution in [-0.4, -0.2) is 58.8 Å². The minimum atomic E-state index is -0.344. The van der Waals surface area contributed by atoms with E-state index in [2.05, 4.69) is 35.2 Å². The molecule has 0 radical (unpaired) electrons. The summed E-state index contributed by atoms with van der Waals surface area (Å²) in [6.45, 7) is 6.11. The van der Waals surface area contributed by atoms with Crippen molar-refractivity contribution in [1.82, 2.24) is 20.0 Å². The van der Waals surface area contributed by atoms with Crippen molar-refractivity contribution in [1.29, 1.82) is 0 Å². The molecular formula is C26H32N4O3. The number of carbonyl (C=O) groups excluding carboxylic acids is 2. The summed E-state index contributed by atoms with van der Waals surface area (Å²) in [4.78, 5) is 28.0. The smallest absolute Gasteiger partial charge is 0.323 e. The molecular weight excluding hydrogens is 416 g/mol. The molecule has 4 aliphatic rings. The van der Waals surface area contributed by atoms with E-state index in [9.17, 15) is 9.59 Å². The van der Waals surface area contributed by atoms with E-state index in [4.69, 9.17) is 4.74 Å². The van der Waals surface area contributed by atoms with Gasteiger partial charge in [-0.2, -0.15) is 5.10 Å². The van der Waals surface area contributed by atoms with Crippen LogP contribution in [0.1, 0.15) is 43.5 Å². The Morgan fingerprint density at radius 1 is 1.21 bits per heavy atom. The average molecular weight is 449 g/mol. The summed E-state index contributed by atoms with van der Waals surface area (Å²) in [5.74, 6) is 0.981. The number of nitrogens with one attached hydrogen (secondary N) is 1. The number of esters is 1. The zero-order valence-electron chi connectivity index (χ0n) is 19.5. The van der Waals surface area contributed by atoms with E-state index in [0.29, 0.717) is 29.9 Å². The Bertz CT molecular complexity index is 1070. The van der Waals surface area contributed by atoms with Crippen LogP contribution < -0.4 is 5.32 Å². The molecule has 1 saturated heterocycles. The highest BCUT2D eigenvalue weighted by atomic mass is 16.5. The van der Waals surface area contributed by atoms with Crippen LogP contribution in [0.15, 0.2) is 54.4 Å². The molecule has 3 aliphatic carbocycles. The summed E-state index contributed by atoms with van der Waals surface area (Å²) < 4.78 is 6.80. The summed E-state index contributed by atoms with van der Waals surface area (Å²) in [7, 11) is 1.44. The molecule has 2 aromatic rings. The van der Waals surface area contributed by atoms with Crippen molar-refractivity contribution in [3.05, 3.63) is 59.9 Å². The monoisotopic (exact) mass is 448 g/mol. The highest BCUT2D eigenvalue weighted by Gasteiger charge is 2.52. The third-order valence-corrected chi connectivity index (χ3v) is 8.08. The quantitative estimate of drug-likeness (QED) is 0.543. The number of fused-ring (bicyclic) bond motifs is 1. The van der Waals surface area contributed by atoms with Crippen LogP contribution in [-0.2, 0) is 9.53 Å². The minimum absolute atomic E-state index is 0.126. The molecule has 2 fully saturated rings. The van der Waals surface area contributed by atoms with Gasteiger partial charge in [-0.3, -0.25) is 14.5 Å². The van der Waals surface area contributed by atoms with Gasteiger partial charge in [0, 0.05) is 31.5 Å². The van der Waals surface area contributed by atoms with Crippen LogP contribution in [0, 0.1) is 17.3 Å². The van der Waals surface area contributed by atoms with Crippen LogP contribution in [0.2, 0.25) is 0 Å². The first-order chi connectivity index (χ1) is 15.9. The Kier molecular flexibility index (Phi) is 5.60. The van der Waals surface area contributed by atoms with Gasteiger partial charge in [-0.1, -0.05) is 37.6 Å². The fourth-order valence-corrected chi connectivity index (χ4v) is 5.99. The average Bonchev–Trinajstić information content (AvgIpc) is 3.49. The largest absolute Gasteiger partial charge is 0.468 e. The van der Waals surface area contributed by atoms with E-state index in [1.165, 1.54) is 19.1 Å². The summed E-state index contributed by atoms with van der Waals surface area (Å²) in [6.07, 6.45) is 8.81. The lowest BCUT2D eigenvalue weighted by Gasteiger charge is -2.57. The Balaban J connectivity index is 1.31. The number of benzene rings is 1. The lowest BCUT2D eigenvalue weighted by molar-refractivity contribution is -0.145. The number of hydrogen-bond donors (Lipinski definition) is 1. The zero-order chi connectivity index (χ0) is 23.2. The summed E-state index contributed by atoms with van der Waals surface area (Å²) in [5, 5.41) is 7.43. The molecule has 1 aromatic heterocycles. The van der Waals surface area contributed by atoms with Crippen LogP contribution in [0.3, 0.4) is 0 Å². The van der Waals surface area contributed by atoms with Crippen molar-refractivity contribution in [3.8, 4) is 5.69 Å². The normalized spacial score (nSPS) is 28.0. The van der Waals surface area contributed by atoms with E-state index in [0.717, 1.165) is 24.6 Å². The third kappa shape index (κ3) is 3.88. The fourth-order valence-electron chi connectivity index (χ4n) is 5.99.